The molecule has 0 bridgehead atoms. The summed E-state index contributed by atoms with van der Waals surface area (Å²) in [5.41, 5.74) is 1.33. The van der Waals surface area contributed by atoms with Crippen LogP contribution in [0.4, 0.5) is 5.82 Å². The van der Waals surface area contributed by atoms with Gasteiger partial charge in [0.1, 0.15) is 6.33 Å². The quantitative estimate of drug-likeness (QED) is 0.730. The normalized spacial score (nSPS) is 22.6. The maximum absolute atomic E-state index is 12.4. The lowest BCUT2D eigenvalue weighted by molar-refractivity contribution is -0.0239. The van der Waals surface area contributed by atoms with Crippen LogP contribution in [-0.4, -0.2) is 48.2 Å². The lowest BCUT2D eigenvalue weighted by atomic mass is 10.1. The average molecular weight is 354 g/mol. The van der Waals surface area contributed by atoms with Crippen molar-refractivity contribution < 1.29 is 14.6 Å². The Bertz CT molecular complexity index is 929. The largest absolute Gasteiger partial charge is 0.390 e. The SMILES string of the molecule is CC[C@H]1O[C@@H](n2nnc3c(NC(=O)c4ccccc4)ncnc32)C[C@@H]1O. The zero-order valence-corrected chi connectivity index (χ0v) is 14.1. The maximum atomic E-state index is 12.4. The fourth-order valence-electron chi connectivity index (χ4n) is 3.05. The van der Waals surface area contributed by atoms with Crippen molar-refractivity contribution in [3.63, 3.8) is 0 Å². The molecule has 3 aromatic rings. The van der Waals surface area contributed by atoms with Gasteiger partial charge >= 0.3 is 0 Å². The molecule has 26 heavy (non-hydrogen) atoms. The average Bonchev–Trinajstić information content (AvgIpc) is 3.26. The van der Waals surface area contributed by atoms with Gasteiger partial charge in [0.2, 0.25) is 0 Å². The number of benzene rings is 1. The fraction of sp³-hybridized carbons (Fsp3) is 0.353. The molecule has 1 saturated heterocycles. The standard InChI is InChI=1S/C17H18N6O3/c1-2-12-11(24)8-13(26-12)23-16-14(21-22-23)15(18-9-19-16)20-17(25)10-6-4-3-5-7-10/h3-7,9,11-13,24H,2,8H2,1H3,(H,18,19,20,25)/t11-,12+,13+/m0/s1. The van der Waals surface area contributed by atoms with Crippen LogP contribution < -0.4 is 5.32 Å². The number of rotatable bonds is 4. The van der Waals surface area contributed by atoms with E-state index < -0.39 is 12.3 Å². The van der Waals surface area contributed by atoms with Crippen molar-refractivity contribution in [2.75, 3.05) is 5.32 Å². The van der Waals surface area contributed by atoms with E-state index in [2.05, 4.69) is 25.6 Å². The Morgan fingerprint density at radius 1 is 1.35 bits per heavy atom. The lowest BCUT2D eigenvalue weighted by Crippen LogP contribution is -2.19. The second kappa shape index (κ2) is 6.77. The third-order valence-corrected chi connectivity index (χ3v) is 4.41. The van der Waals surface area contributed by atoms with Gasteiger partial charge in [0.15, 0.2) is 23.2 Å². The second-order valence-electron chi connectivity index (χ2n) is 6.09. The van der Waals surface area contributed by atoms with Crippen molar-refractivity contribution in [2.24, 2.45) is 0 Å². The van der Waals surface area contributed by atoms with Gasteiger partial charge in [-0.3, -0.25) is 4.79 Å². The van der Waals surface area contributed by atoms with Crippen molar-refractivity contribution in [1.29, 1.82) is 0 Å². The van der Waals surface area contributed by atoms with E-state index in [4.69, 9.17) is 4.74 Å². The van der Waals surface area contributed by atoms with E-state index in [1.54, 1.807) is 24.3 Å². The number of carbonyl (C=O) groups is 1. The summed E-state index contributed by atoms with van der Waals surface area (Å²) in [5, 5.41) is 21.0. The molecule has 1 aliphatic rings. The molecule has 0 aliphatic carbocycles. The van der Waals surface area contributed by atoms with E-state index in [1.165, 1.54) is 11.0 Å². The molecule has 1 aromatic carbocycles. The van der Waals surface area contributed by atoms with Crippen LogP contribution in [0.25, 0.3) is 11.2 Å². The third-order valence-electron chi connectivity index (χ3n) is 4.41. The summed E-state index contributed by atoms with van der Waals surface area (Å²) in [6, 6.07) is 8.83. The second-order valence-corrected chi connectivity index (χ2v) is 6.09. The van der Waals surface area contributed by atoms with E-state index >= 15 is 0 Å². The van der Waals surface area contributed by atoms with Crippen molar-refractivity contribution in [2.45, 2.75) is 38.2 Å². The summed E-state index contributed by atoms with van der Waals surface area (Å²) in [4.78, 5) is 20.7. The summed E-state index contributed by atoms with van der Waals surface area (Å²) >= 11 is 0. The molecule has 0 unspecified atom stereocenters. The number of anilines is 1. The van der Waals surface area contributed by atoms with Crippen LogP contribution in [0.2, 0.25) is 0 Å². The van der Waals surface area contributed by atoms with Gasteiger partial charge in [0.05, 0.1) is 12.2 Å². The monoisotopic (exact) mass is 354 g/mol. The van der Waals surface area contributed by atoms with E-state index in [9.17, 15) is 9.90 Å². The molecule has 9 heteroatoms. The summed E-state index contributed by atoms with van der Waals surface area (Å²) in [7, 11) is 0. The van der Waals surface area contributed by atoms with Crippen molar-refractivity contribution in [3.05, 3.63) is 42.2 Å². The minimum Gasteiger partial charge on any atom is -0.390 e. The number of fused-ring (bicyclic) bond motifs is 1. The molecular formula is C17H18N6O3. The zero-order valence-electron chi connectivity index (χ0n) is 14.1. The van der Waals surface area contributed by atoms with Gasteiger partial charge in [0, 0.05) is 12.0 Å². The highest BCUT2D eigenvalue weighted by Gasteiger charge is 2.35. The smallest absolute Gasteiger partial charge is 0.256 e. The van der Waals surface area contributed by atoms with Crippen LogP contribution >= 0.6 is 0 Å². The Morgan fingerprint density at radius 3 is 2.88 bits per heavy atom. The van der Waals surface area contributed by atoms with E-state index in [-0.39, 0.29) is 17.8 Å². The molecule has 0 spiro atoms. The van der Waals surface area contributed by atoms with Gasteiger partial charge < -0.3 is 15.2 Å². The Balaban J connectivity index is 1.63. The molecule has 4 rings (SSSR count). The molecule has 3 heterocycles. The number of carbonyl (C=O) groups excluding carboxylic acids is 1. The predicted octanol–water partition coefficient (Wildman–Crippen LogP) is 1.53. The summed E-state index contributed by atoms with van der Waals surface area (Å²) in [6.45, 7) is 1.95. The van der Waals surface area contributed by atoms with Gasteiger partial charge in [-0.05, 0) is 18.6 Å². The van der Waals surface area contributed by atoms with Gasteiger partial charge in [-0.2, -0.15) is 4.68 Å². The van der Waals surface area contributed by atoms with Crippen molar-refractivity contribution >= 4 is 22.9 Å². The first-order valence-electron chi connectivity index (χ1n) is 8.43. The first kappa shape index (κ1) is 16.6. The van der Waals surface area contributed by atoms with E-state index in [1.807, 2.05) is 13.0 Å². The Morgan fingerprint density at radius 2 is 2.15 bits per heavy atom. The number of nitrogens with one attached hydrogen (secondary N) is 1. The molecule has 9 nitrogen and oxygen atoms in total. The van der Waals surface area contributed by atoms with Crippen molar-refractivity contribution in [3.8, 4) is 0 Å². The summed E-state index contributed by atoms with van der Waals surface area (Å²) in [6.07, 6.45) is 1.21. The van der Waals surface area contributed by atoms with Crippen LogP contribution in [0.1, 0.15) is 36.4 Å². The fourth-order valence-corrected chi connectivity index (χ4v) is 3.05. The van der Waals surface area contributed by atoms with Gasteiger partial charge in [-0.1, -0.05) is 30.3 Å². The number of ether oxygens (including phenoxy) is 1. The highest BCUT2D eigenvalue weighted by molar-refractivity contribution is 6.06. The number of nitrogens with zero attached hydrogens (tertiary/aromatic N) is 5. The predicted molar refractivity (Wildman–Crippen MR) is 92.3 cm³/mol. The summed E-state index contributed by atoms with van der Waals surface area (Å²) < 4.78 is 7.35. The van der Waals surface area contributed by atoms with E-state index in [0.29, 0.717) is 29.6 Å². The van der Waals surface area contributed by atoms with Crippen LogP contribution in [0, 0.1) is 0 Å². The molecule has 0 radical (unpaired) electrons. The number of hydrogen-bond donors (Lipinski definition) is 2. The first-order valence-corrected chi connectivity index (χ1v) is 8.43. The number of amides is 1. The Hall–Kier alpha value is -2.91. The highest BCUT2D eigenvalue weighted by atomic mass is 16.5. The number of aromatic nitrogens is 5. The number of aliphatic hydroxyl groups excluding tert-OH is 1. The van der Waals surface area contributed by atoms with Crippen LogP contribution in [0.15, 0.2) is 36.7 Å². The Labute approximate surface area is 149 Å². The number of hydrogen-bond acceptors (Lipinski definition) is 7. The Kier molecular flexibility index (Phi) is 4.31. The minimum absolute atomic E-state index is 0.238. The first-order chi connectivity index (χ1) is 12.7. The topological polar surface area (TPSA) is 115 Å². The van der Waals surface area contributed by atoms with Crippen LogP contribution in [0.5, 0.6) is 0 Å². The molecule has 1 fully saturated rings. The minimum atomic E-state index is -0.552. The van der Waals surface area contributed by atoms with Crippen LogP contribution in [-0.2, 0) is 4.74 Å². The molecule has 2 aromatic heterocycles. The third kappa shape index (κ3) is 2.91. The molecule has 2 N–H and O–H groups in total. The maximum Gasteiger partial charge on any atom is 0.256 e. The lowest BCUT2D eigenvalue weighted by Gasteiger charge is -2.12. The van der Waals surface area contributed by atoms with Crippen molar-refractivity contribution in [1.82, 2.24) is 25.0 Å². The molecule has 1 aliphatic heterocycles. The number of aliphatic hydroxyl groups is 1. The molecule has 3 atom stereocenters. The zero-order chi connectivity index (χ0) is 18.1. The molecular weight excluding hydrogens is 336 g/mol. The molecule has 134 valence electrons. The molecule has 1 amide bonds. The summed E-state index contributed by atoms with van der Waals surface area (Å²) in [5.74, 6) is -0.0144. The van der Waals surface area contributed by atoms with Gasteiger partial charge in [0.25, 0.3) is 5.91 Å². The molecule has 0 saturated carbocycles. The highest BCUT2D eigenvalue weighted by Crippen LogP contribution is 2.31. The van der Waals surface area contributed by atoms with Gasteiger partial charge in [-0.15, -0.1) is 5.10 Å². The van der Waals surface area contributed by atoms with E-state index in [0.717, 1.165) is 0 Å². The van der Waals surface area contributed by atoms with Gasteiger partial charge in [-0.25, -0.2) is 9.97 Å². The van der Waals surface area contributed by atoms with Crippen LogP contribution in [0.3, 0.4) is 0 Å².